The lowest BCUT2D eigenvalue weighted by Crippen LogP contribution is -2.19. The molecule has 0 atom stereocenters. The summed E-state index contributed by atoms with van der Waals surface area (Å²) in [6, 6.07) is 7.79. The van der Waals surface area contributed by atoms with Gasteiger partial charge in [0, 0.05) is 24.8 Å². The van der Waals surface area contributed by atoms with Gasteiger partial charge >= 0.3 is 5.69 Å². The Morgan fingerprint density at radius 1 is 1.09 bits per heavy atom. The van der Waals surface area contributed by atoms with Crippen molar-refractivity contribution in [3.63, 3.8) is 0 Å². The van der Waals surface area contributed by atoms with Crippen molar-refractivity contribution in [1.82, 2.24) is 14.1 Å². The van der Waals surface area contributed by atoms with E-state index in [-0.39, 0.29) is 16.4 Å². The standard InChI is InChI=1S/C14H13BrN4O3S/c1-18-11-5-4-10(7-12(11)19(2)14(18)20)23(21,22)17-13-6-3-9(15)8-16-13/h3-8H,1-2H3,(H,16,17). The van der Waals surface area contributed by atoms with Crippen molar-refractivity contribution < 1.29 is 8.42 Å². The van der Waals surface area contributed by atoms with E-state index in [1.165, 1.54) is 27.5 Å². The van der Waals surface area contributed by atoms with Gasteiger partial charge in [-0.15, -0.1) is 0 Å². The Bertz CT molecular complexity index is 1050. The predicted molar refractivity (Wildman–Crippen MR) is 90.9 cm³/mol. The van der Waals surface area contributed by atoms with Crippen LogP contribution in [0.1, 0.15) is 0 Å². The van der Waals surface area contributed by atoms with Gasteiger partial charge in [-0.25, -0.2) is 18.2 Å². The van der Waals surface area contributed by atoms with Gasteiger partial charge in [-0.05, 0) is 46.3 Å². The van der Waals surface area contributed by atoms with Crippen LogP contribution in [0.3, 0.4) is 0 Å². The van der Waals surface area contributed by atoms with Crippen LogP contribution in [0.25, 0.3) is 11.0 Å². The molecule has 0 aliphatic carbocycles. The van der Waals surface area contributed by atoms with E-state index in [9.17, 15) is 13.2 Å². The molecule has 0 spiro atoms. The van der Waals surface area contributed by atoms with E-state index < -0.39 is 10.0 Å². The minimum Gasteiger partial charge on any atom is -0.295 e. The smallest absolute Gasteiger partial charge is 0.295 e. The fraction of sp³-hybridized carbons (Fsp3) is 0.143. The average molecular weight is 397 g/mol. The zero-order chi connectivity index (χ0) is 16.8. The highest BCUT2D eigenvalue weighted by Gasteiger charge is 2.17. The molecule has 2 aromatic heterocycles. The van der Waals surface area contributed by atoms with Crippen molar-refractivity contribution in [2.75, 3.05) is 4.72 Å². The van der Waals surface area contributed by atoms with Gasteiger partial charge in [0.2, 0.25) is 0 Å². The highest BCUT2D eigenvalue weighted by molar-refractivity contribution is 9.10. The molecular weight excluding hydrogens is 384 g/mol. The average Bonchev–Trinajstić information content (AvgIpc) is 2.74. The van der Waals surface area contributed by atoms with E-state index in [2.05, 4.69) is 25.6 Å². The normalized spacial score (nSPS) is 11.8. The number of aromatic nitrogens is 3. The van der Waals surface area contributed by atoms with Crippen LogP contribution in [-0.2, 0) is 24.1 Å². The number of fused-ring (bicyclic) bond motifs is 1. The lowest BCUT2D eigenvalue weighted by atomic mass is 10.3. The van der Waals surface area contributed by atoms with Crippen molar-refractivity contribution in [3.05, 3.63) is 51.5 Å². The Balaban J connectivity index is 2.06. The molecule has 0 aliphatic heterocycles. The number of nitrogens with zero attached hydrogens (tertiary/aromatic N) is 3. The number of rotatable bonds is 3. The summed E-state index contributed by atoms with van der Waals surface area (Å²) in [6.45, 7) is 0. The molecule has 0 radical (unpaired) electrons. The van der Waals surface area contributed by atoms with Gasteiger partial charge in [0.05, 0.1) is 15.9 Å². The van der Waals surface area contributed by atoms with Gasteiger partial charge < -0.3 is 0 Å². The first-order valence-electron chi connectivity index (χ1n) is 6.59. The highest BCUT2D eigenvalue weighted by Crippen LogP contribution is 2.20. The van der Waals surface area contributed by atoms with E-state index in [1.807, 2.05) is 0 Å². The highest BCUT2D eigenvalue weighted by atomic mass is 79.9. The van der Waals surface area contributed by atoms with Gasteiger partial charge in [-0.1, -0.05) is 0 Å². The van der Waals surface area contributed by atoms with Crippen molar-refractivity contribution in [1.29, 1.82) is 0 Å². The first-order valence-corrected chi connectivity index (χ1v) is 8.87. The van der Waals surface area contributed by atoms with E-state index in [0.29, 0.717) is 11.0 Å². The molecule has 120 valence electrons. The largest absolute Gasteiger partial charge is 0.328 e. The van der Waals surface area contributed by atoms with Crippen molar-refractivity contribution in [2.24, 2.45) is 14.1 Å². The minimum absolute atomic E-state index is 0.0657. The van der Waals surface area contributed by atoms with Crippen LogP contribution >= 0.6 is 15.9 Å². The Morgan fingerprint density at radius 2 is 1.78 bits per heavy atom. The maximum atomic E-state index is 12.5. The summed E-state index contributed by atoms with van der Waals surface area (Å²) in [4.78, 5) is 16.0. The minimum atomic E-state index is -3.79. The molecule has 0 bridgehead atoms. The number of nitrogens with one attached hydrogen (secondary N) is 1. The summed E-state index contributed by atoms with van der Waals surface area (Å²) < 4.78 is 31.0. The van der Waals surface area contributed by atoms with Gasteiger partial charge in [-0.2, -0.15) is 0 Å². The molecule has 3 aromatic rings. The molecule has 0 saturated heterocycles. The molecule has 3 rings (SSSR count). The second-order valence-corrected chi connectivity index (χ2v) is 7.62. The fourth-order valence-corrected chi connectivity index (χ4v) is 3.55. The number of halogens is 1. The topological polar surface area (TPSA) is 86.0 Å². The number of imidazole rings is 1. The summed E-state index contributed by atoms with van der Waals surface area (Å²) in [5.41, 5.74) is 0.999. The van der Waals surface area contributed by atoms with Gasteiger partial charge in [0.1, 0.15) is 5.82 Å². The Hall–Kier alpha value is -2.13. The first kappa shape index (κ1) is 15.8. The molecule has 23 heavy (non-hydrogen) atoms. The zero-order valence-electron chi connectivity index (χ0n) is 12.3. The van der Waals surface area contributed by atoms with Gasteiger partial charge in [0.25, 0.3) is 10.0 Å². The predicted octanol–water partition coefficient (Wildman–Crippen LogP) is 1.84. The molecule has 0 fully saturated rings. The van der Waals surface area contributed by atoms with E-state index >= 15 is 0 Å². The second kappa shape index (κ2) is 5.50. The maximum absolute atomic E-state index is 12.5. The summed E-state index contributed by atoms with van der Waals surface area (Å²) in [5, 5.41) is 0. The molecule has 9 heteroatoms. The maximum Gasteiger partial charge on any atom is 0.328 e. The zero-order valence-corrected chi connectivity index (χ0v) is 14.7. The van der Waals surface area contributed by atoms with Crippen molar-refractivity contribution >= 4 is 42.8 Å². The van der Waals surface area contributed by atoms with E-state index in [0.717, 1.165) is 4.47 Å². The van der Waals surface area contributed by atoms with Crippen LogP contribution < -0.4 is 10.4 Å². The lowest BCUT2D eigenvalue weighted by molar-refractivity contribution is 0.601. The molecule has 0 aliphatic rings. The number of hydrogen-bond acceptors (Lipinski definition) is 4. The first-order chi connectivity index (χ1) is 10.8. The molecule has 0 amide bonds. The molecule has 0 saturated carbocycles. The Morgan fingerprint density at radius 3 is 2.43 bits per heavy atom. The second-order valence-electron chi connectivity index (χ2n) is 5.02. The molecule has 1 N–H and O–H groups in total. The summed E-state index contributed by atoms with van der Waals surface area (Å²) >= 11 is 3.24. The van der Waals surface area contributed by atoms with E-state index in [4.69, 9.17) is 0 Å². The number of pyridine rings is 1. The monoisotopic (exact) mass is 396 g/mol. The molecule has 1 aromatic carbocycles. The fourth-order valence-electron chi connectivity index (χ4n) is 2.29. The van der Waals surface area contributed by atoms with Crippen LogP contribution in [0.15, 0.2) is 50.7 Å². The number of hydrogen-bond donors (Lipinski definition) is 1. The molecule has 2 heterocycles. The third kappa shape index (κ3) is 2.77. The molecule has 7 nitrogen and oxygen atoms in total. The van der Waals surface area contributed by atoms with Crippen molar-refractivity contribution in [2.45, 2.75) is 4.90 Å². The lowest BCUT2D eigenvalue weighted by Gasteiger charge is -2.08. The number of aryl methyl sites for hydroxylation is 2. The van der Waals surface area contributed by atoms with E-state index in [1.54, 1.807) is 32.3 Å². The van der Waals surface area contributed by atoms with Crippen LogP contribution in [0.5, 0.6) is 0 Å². The van der Waals surface area contributed by atoms with Gasteiger partial charge in [0.15, 0.2) is 0 Å². The Kier molecular flexibility index (Phi) is 3.77. The number of sulfonamides is 1. The van der Waals surface area contributed by atoms with Crippen molar-refractivity contribution in [3.8, 4) is 0 Å². The summed E-state index contributed by atoms with van der Waals surface area (Å²) in [6.07, 6.45) is 1.50. The van der Waals surface area contributed by atoms with Crippen LogP contribution in [0.2, 0.25) is 0 Å². The quantitative estimate of drug-likeness (QED) is 0.731. The number of anilines is 1. The summed E-state index contributed by atoms with van der Waals surface area (Å²) in [7, 11) is -0.547. The number of benzene rings is 1. The summed E-state index contributed by atoms with van der Waals surface area (Å²) in [5.74, 6) is 0.218. The van der Waals surface area contributed by atoms with Gasteiger partial charge in [-0.3, -0.25) is 13.9 Å². The Labute approximate surface area is 140 Å². The van der Waals surface area contributed by atoms with Crippen LogP contribution in [0, 0.1) is 0 Å². The third-order valence-corrected chi connectivity index (χ3v) is 5.34. The molecule has 0 unspecified atom stereocenters. The molecular formula is C14H13BrN4O3S. The SMILES string of the molecule is Cn1c(=O)n(C)c2cc(S(=O)(=O)Nc3ccc(Br)cn3)ccc21. The third-order valence-electron chi connectivity index (χ3n) is 3.52. The van der Waals surface area contributed by atoms with Crippen LogP contribution in [-0.4, -0.2) is 22.5 Å². The van der Waals surface area contributed by atoms with Crippen LogP contribution in [0.4, 0.5) is 5.82 Å².